The molecule has 133 heavy (non-hydrogen) atoms. The normalized spacial score (nSPS) is 13.8. The summed E-state index contributed by atoms with van der Waals surface area (Å²) in [6.07, 6.45) is -24.0. The summed E-state index contributed by atoms with van der Waals surface area (Å²) in [5, 5.41) is 64.1. The second kappa shape index (κ2) is 55.3. The minimum absolute atomic E-state index is 0. The third-order valence-corrected chi connectivity index (χ3v) is 18.4. The molecule has 37 nitrogen and oxygen atoms in total. The Kier molecular flexibility index (Phi) is 50.8. The molecule has 0 unspecified atom stereocenters. The first-order valence-corrected chi connectivity index (χ1v) is 37.1. The van der Waals surface area contributed by atoms with Crippen LogP contribution < -0.4 is 119 Å². The molecular weight excluding hydrogens is 1960 g/mol. The van der Waals surface area contributed by atoms with Gasteiger partial charge in [-0.25, -0.2) is 73.5 Å². The number of aromatic nitrogens is 16. The molecule has 711 valence electrons. The number of likely N-dealkylation sites (N-methyl/N-ethyl adjacent to an activating group) is 1. The number of benzene rings is 5. The Morgan fingerprint density at radius 1 is 0.489 bits per heavy atom. The van der Waals surface area contributed by atoms with E-state index in [4.69, 9.17) is 78.2 Å². The maximum atomic E-state index is 13.9. The number of nitrogen functional groups attached to an aromatic ring is 2. The summed E-state index contributed by atoms with van der Waals surface area (Å²) in [6, 6.07) is 6.59. The summed E-state index contributed by atoms with van der Waals surface area (Å²) in [7, 11) is 3.14. The number of aliphatic hydroxyl groups excluding tert-OH is 1. The average Bonchev–Trinajstić information content (AvgIpc) is 1.66. The van der Waals surface area contributed by atoms with Gasteiger partial charge in [0.1, 0.15) is 29.1 Å². The minimum atomic E-state index is -4.83. The number of halogens is 25. The number of rotatable bonds is 6. The van der Waals surface area contributed by atoms with Crippen LogP contribution in [-0.2, 0) is 35.6 Å². The van der Waals surface area contributed by atoms with Crippen molar-refractivity contribution in [2.75, 3.05) is 144 Å². The number of nitrogens with zero attached hydrogens (tertiary/aromatic N) is 24. The van der Waals surface area contributed by atoms with Crippen LogP contribution >= 0.6 is 59.6 Å². The van der Waals surface area contributed by atoms with E-state index in [-0.39, 0.29) is 192 Å². The maximum Gasteiger partial charge on any atom is 1.00 e. The van der Waals surface area contributed by atoms with E-state index >= 15 is 0 Å². The zero-order chi connectivity index (χ0) is 95.7. The molecule has 4 aliphatic heterocycles. The van der Waals surface area contributed by atoms with E-state index in [2.05, 4.69) is 114 Å². The van der Waals surface area contributed by atoms with Crippen molar-refractivity contribution < 1.29 is 162 Å². The third-order valence-electron chi connectivity index (χ3n) is 17.5. The Labute approximate surface area is 812 Å². The Morgan fingerprint density at radius 2 is 0.767 bits per heavy atom. The fourth-order valence-electron chi connectivity index (χ4n) is 11.8. The van der Waals surface area contributed by atoms with Crippen LogP contribution in [0.3, 0.4) is 0 Å². The number of alkyl halides is 15. The topological polar surface area (TPSA) is 506 Å². The van der Waals surface area contributed by atoms with Crippen molar-refractivity contribution in [2.45, 2.75) is 44.5 Å². The maximum absolute atomic E-state index is 13.9. The van der Waals surface area contributed by atoms with Crippen molar-refractivity contribution >= 4 is 178 Å². The van der Waals surface area contributed by atoms with Gasteiger partial charge in [0.2, 0.25) is 11.3 Å². The van der Waals surface area contributed by atoms with Crippen LogP contribution in [0.2, 0.25) is 29.1 Å². The molecule has 5 aromatic carbocycles. The number of hydrogen-bond donors (Lipinski definition) is 10. The summed E-state index contributed by atoms with van der Waals surface area (Å²) in [6.45, 7) is 19.6. The first-order chi connectivity index (χ1) is 60.4. The molecule has 16 rings (SSSR count). The Bertz CT molecular complexity index is 5750. The number of nitrogens with two attached hydrogens (primary N) is 4. The van der Waals surface area contributed by atoms with Gasteiger partial charge in [-0.15, -0.1) is 53.4 Å². The molecule has 0 atom stereocenters. The Morgan fingerprint density at radius 3 is 1.09 bits per heavy atom. The number of anilines is 5. The molecule has 4 aliphatic rings. The van der Waals surface area contributed by atoms with Crippen molar-refractivity contribution in [3.8, 4) is 0 Å². The second-order valence-electron chi connectivity index (χ2n) is 25.6. The van der Waals surface area contributed by atoms with E-state index in [0.717, 1.165) is 71.0 Å². The molecule has 3 radical (unpaired) electrons. The predicted octanol–water partition coefficient (Wildman–Crippen LogP) is 4.24. The minimum Gasteiger partial charge on any atom is -0.512 e. The zero-order valence-corrected chi connectivity index (χ0v) is 77.4. The van der Waals surface area contributed by atoms with Crippen LogP contribution in [0.5, 0.6) is 0 Å². The smallest absolute Gasteiger partial charge is 0.512 e. The monoisotopic (exact) mass is 2020 g/mol. The molecule has 0 amide bonds. The first-order valence-electron chi connectivity index (χ1n) is 35.9. The van der Waals surface area contributed by atoms with Gasteiger partial charge in [-0.1, -0.05) is 34.8 Å². The molecule has 0 saturated carbocycles. The van der Waals surface area contributed by atoms with Crippen molar-refractivity contribution in [1.29, 1.82) is 5.26 Å². The van der Waals surface area contributed by atoms with Crippen LogP contribution in [0.1, 0.15) is 27.8 Å². The van der Waals surface area contributed by atoms with E-state index in [0.29, 0.717) is 126 Å². The quantitative estimate of drug-likeness (QED) is 0.0278. The van der Waals surface area contributed by atoms with Gasteiger partial charge >= 0.3 is 116 Å². The van der Waals surface area contributed by atoms with E-state index in [1.54, 1.807) is 11.7 Å². The molecule has 4 fully saturated rings. The number of nitrogens with one attached hydrogen (secondary N) is 4. The van der Waals surface area contributed by atoms with Crippen molar-refractivity contribution in [2.24, 2.45) is 28.7 Å². The molecular formula is C66H70B3Cl5F20N32Na2O5-. The van der Waals surface area contributed by atoms with Gasteiger partial charge in [0.15, 0.2) is 44.5 Å². The predicted molar refractivity (Wildman–Crippen MR) is 448 cm³/mol. The van der Waals surface area contributed by atoms with Crippen LogP contribution in [0.4, 0.5) is 117 Å². The van der Waals surface area contributed by atoms with Gasteiger partial charge in [0.25, 0.3) is 0 Å². The van der Waals surface area contributed by atoms with Gasteiger partial charge in [-0.3, -0.25) is 11.7 Å². The molecule has 12 aromatic rings. The van der Waals surface area contributed by atoms with Crippen LogP contribution in [0, 0.1) is 51.0 Å². The number of hydrogen-bond acceptors (Lipinski definition) is 34. The standard InChI is InChI=1S/C14H17BF4N6O.C14H13F4N7.C13H11F4N7.C9H2Cl2F4N2.C9H5ClF4N4.C4H9N2.CH3BO.CN.CH4O.B.2ClH.H4N2.HNO2.2Na/c1-15(26)25-4-2-24(3-5-25)13-12(23-20)21-11-7-9(16)8(14(17,18)19)6-10(11)22-13;1-23-2-4-24(5-3-23)12-13-20-21-22-25(13)11-7-9(15)8(14(16,17)18)6-10(11)19-12;14-8-6-10-9(5-7(8)13(15,16)17)19-11(12-20-21-22-24(10)12)23-3-1-18-2-4-23;10-7-8(11)17-6-2-4(12)3(9(13,14)15)1-5(6)16-7;10-7-8(18-15)17-6-2-4(11)3(9(12,13)14)1-5(6)16-7;1-2-6-4-3-5-1;1-2-3;2*1-2;;;;1-2;2-1-3;;/h6-7,26H,2-5,20H2,1H3,(H,21,23);6-7H,2-5H2,1H3;5-6,18H,1-4H2;1-2H;1-2H,15H2,(H,17,18);5H,1-4H2;1H3;;2H,1H3;;2*1H;1-2H2;(H,2,3);;/q;;;;;-1;;-1;;;;;;;2*+1/p-1. The Balaban J connectivity index is 0.000000791. The van der Waals surface area contributed by atoms with Crippen LogP contribution in [0.15, 0.2) is 66.0 Å². The van der Waals surface area contributed by atoms with Crippen molar-refractivity contribution in [3.63, 3.8) is 0 Å². The zero-order valence-electron chi connectivity index (χ0n) is 69.5. The molecule has 0 spiro atoms. The first kappa shape index (κ1) is 122. The van der Waals surface area contributed by atoms with Gasteiger partial charge in [0, 0.05) is 124 Å². The fraction of sp³-hybridized carbons (Fsp3) is 0.379. The SMILES string of the molecule is C1CNCC[N-]1.CB(O)N1CCN(c2nc3cc(C(F)(F)F)c(F)cc3nc2NN)CC1.CB=O.CN1CCN(c2nc3cc(C(F)(F)F)c(F)cc3n3nnnc23)CC1.CO.Cl.Cl.Fc1cc2c(cc1C(F)(F)F)nc(N1CCNCC1)c1nnnn12.Fc1cc2nc(Cl)c(Cl)nc2cc1C(F)(F)F.NN.NNc1nc2cc(F)c(C(F)(F)F)cc2nc1Cl.O=N[O-].[B].[C-]#N.[Na+].[Na+]. The average molecular weight is 2030 g/mol. The number of fused-ring (bicyclic) bond motifs is 9. The van der Waals surface area contributed by atoms with Gasteiger partial charge in [-0.2, -0.15) is 74.9 Å². The van der Waals surface area contributed by atoms with E-state index < -0.39 is 94.8 Å². The summed E-state index contributed by atoms with van der Waals surface area (Å²) in [5.74, 6) is 12.6. The largest absolute Gasteiger partial charge is 1.00 e. The summed E-state index contributed by atoms with van der Waals surface area (Å²) < 4.78 is 270. The van der Waals surface area contributed by atoms with Crippen LogP contribution in [-0.4, -0.2) is 241 Å². The van der Waals surface area contributed by atoms with E-state index in [1.807, 2.05) is 21.7 Å². The molecule has 67 heteroatoms. The summed E-state index contributed by atoms with van der Waals surface area (Å²) in [5.41, 5.74) is -2.41. The van der Waals surface area contributed by atoms with Crippen molar-refractivity contribution in [1.82, 2.24) is 100 Å². The molecule has 7 aromatic heterocycles. The van der Waals surface area contributed by atoms with E-state index in [9.17, 15) is 92.8 Å². The molecule has 0 aliphatic carbocycles. The van der Waals surface area contributed by atoms with Gasteiger partial charge in [-0.05, 0) is 78.1 Å². The number of tetrazole rings is 2. The molecule has 0 bridgehead atoms. The molecule has 4 saturated heterocycles. The van der Waals surface area contributed by atoms with Crippen LogP contribution in [0.25, 0.3) is 71.8 Å². The summed E-state index contributed by atoms with van der Waals surface area (Å²) >= 11 is 16.7. The van der Waals surface area contributed by atoms with Gasteiger partial charge in [0.05, 0.1) is 83.0 Å². The molecule has 14 N–H and O–H groups in total. The fourth-order valence-corrected chi connectivity index (χ4v) is 12.2. The Hall–Kier alpha value is -8.91. The summed E-state index contributed by atoms with van der Waals surface area (Å²) in [4.78, 5) is 49.1. The van der Waals surface area contributed by atoms with E-state index in [1.165, 1.54) is 15.9 Å². The third kappa shape index (κ3) is 32.7. The number of aliphatic hydroxyl groups is 1. The van der Waals surface area contributed by atoms with Gasteiger partial charge < -0.3 is 83.3 Å². The van der Waals surface area contributed by atoms with Crippen molar-refractivity contribution in [3.05, 3.63) is 155 Å². The number of hydrazine groups is 3. The molecule has 11 heterocycles. The number of piperazine rings is 4. The second-order valence-corrected chi connectivity index (χ2v) is 26.6.